The van der Waals surface area contributed by atoms with Crippen molar-refractivity contribution in [2.45, 2.75) is 19.8 Å². The first-order valence-electron chi connectivity index (χ1n) is 6.09. The standard InChI is InChI=1S/C13H15Cl3N2O/c1-13(3-2-4-17-7-13)12(19)18-11-6-9(15)8(14)5-10(11)16/h5-6,17H,2-4,7H2,1H3,(H,18,19). The van der Waals surface area contributed by atoms with Gasteiger partial charge in [0.05, 0.1) is 26.2 Å². The fourth-order valence-corrected chi connectivity index (χ4v) is 2.74. The zero-order valence-corrected chi connectivity index (χ0v) is 12.8. The Morgan fingerprint density at radius 2 is 1.95 bits per heavy atom. The van der Waals surface area contributed by atoms with Gasteiger partial charge in [-0.15, -0.1) is 0 Å². The number of rotatable bonds is 2. The summed E-state index contributed by atoms with van der Waals surface area (Å²) in [5.74, 6) is -0.0556. The second-order valence-corrected chi connectivity index (χ2v) is 6.26. The van der Waals surface area contributed by atoms with E-state index in [1.165, 1.54) is 6.07 Å². The Balaban J connectivity index is 2.16. The molecule has 104 valence electrons. The second-order valence-electron chi connectivity index (χ2n) is 5.04. The summed E-state index contributed by atoms with van der Waals surface area (Å²) in [6, 6.07) is 3.10. The van der Waals surface area contributed by atoms with E-state index in [0.29, 0.717) is 27.3 Å². The molecule has 3 nitrogen and oxygen atoms in total. The predicted octanol–water partition coefficient (Wildman–Crippen LogP) is 3.98. The summed E-state index contributed by atoms with van der Waals surface area (Å²) in [5.41, 5.74) is 0.0705. The Morgan fingerprint density at radius 3 is 2.58 bits per heavy atom. The summed E-state index contributed by atoms with van der Waals surface area (Å²) in [6.07, 6.45) is 1.84. The summed E-state index contributed by atoms with van der Waals surface area (Å²) in [4.78, 5) is 12.4. The molecule has 1 aromatic carbocycles. The smallest absolute Gasteiger partial charge is 0.231 e. The fraction of sp³-hybridized carbons (Fsp3) is 0.462. The van der Waals surface area contributed by atoms with Crippen molar-refractivity contribution in [1.82, 2.24) is 5.32 Å². The van der Waals surface area contributed by atoms with Gasteiger partial charge in [-0.05, 0) is 38.4 Å². The fourth-order valence-electron chi connectivity index (χ4n) is 2.14. The zero-order valence-electron chi connectivity index (χ0n) is 10.5. The SMILES string of the molecule is CC1(C(=O)Nc2cc(Cl)c(Cl)cc2Cl)CCCNC1. The summed E-state index contributed by atoms with van der Waals surface area (Å²) in [7, 11) is 0. The molecule has 0 aliphatic carbocycles. The molecule has 1 aliphatic rings. The maximum Gasteiger partial charge on any atom is 0.231 e. The molecule has 1 aliphatic heterocycles. The van der Waals surface area contributed by atoms with Gasteiger partial charge in [-0.2, -0.15) is 0 Å². The summed E-state index contributed by atoms with van der Waals surface area (Å²) in [6.45, 7) is 3.56. The van der Waals surface area contributed by atoms with Gasteiger partial charge in [0, 0.05) is 6.54 Å². The van der Waals surface area contributed by atoms with Gasteiger partial charge in [0.1, 0.15) is 0 Å². The van der Waals surface area contributed by atoms with Gasteiger partial charge in [0.2, 0.25) is 5.91 Å². The third-order valence-corrected chi connectivity index (χ3v) is 4.44. The summed E-state index contributed by atoms with van der Waals surface area (Å²) < 4.78 is 0. The minimum absolute atomic E-state index is 0.0556. The highest BCUT2D eigenvalue weighted by atomic mass is 35.5. The van der Waals surface area contributed by atoms with Crippen LogP contribution in [-0.4, -0.2) is 19.0 Å². The van der Waals surface area contributed by atoms with Gasteiger partial charge in [0.15, 0.2) is 0 Å². The topological polar surface area (TPSA) is 41.1 Å². The van der Waals surface area contributed by atoms with E-state index in [9.17, 15) is 4.79 Å². The molecule has 1 amide bonds. The monoisotopic (exact) mass is 320 g/mol. The van der Waals surface area contributed by atoms with Gasteiger partial charge >= 0.3 is 0 Å². The molecule has 1 unspecified atom stereocenters. The van der Waals surface area contributed by atoms with Crippen molar-refractivity contribution in [3.63, 3.8) is 0 Å². The van der Waals surface area contributed by atoms with E-state index in [1.54, 1.807) is 6.07 Å². The molecule has 0 spiro atoms. The van der Waals surface area contributed by atoms with E-state index in [0.717, 1.165) is 19.4 Å². The number of carbonyl (C=O) groups is 1. The van der Waals surface area contributed by atoms with Crippen molar-refractivity contribution in [3.05, 3.63) is 27.2 Å². The Kier molecular flexibility index (Phi) is 4.62. The van der Waals surface area contributed by atoms with Gasteiger partial charge in [-0.3, -0.25) is 4.79 Å². The van der Waals surface area contributed by atoms with E-state index in [-0.39, 0.29) is 5.91 Å². The van der Waals surface area contributed by atoms with Crippen LogP contribution in [0.5, 0.6) is 0 Å². The lowest BCUT2D eigenvalue weighted by Crippen LogP contribution is -2.46. The third kappa shape index (κ3) is 3.34. The van der Waals surface area contributed by atoms with Crippen LogP contribution in [0.1, 0.15) is 19.8 Å². The molecule has 1 atom stereocenters. The van der Waals surface area contributed by atoms with Crippen LogP contribution in [0.3, 0.4) is 0 Å². The van der Waals surface area contributed by atoms with Crippen molar-refractivity contribution in [2.75, 3.05) is 18.4 Å². The van der Waals surface area contributed by atoms with Crippen LogP contribution in [0.4, 0.5) is 5.69 Å². The molecule has 0 aromatic heterocycles. The number of hydrogen-bond donors (Lipinski definition) is 2. The minimum atomic E-state index is -0.423. The van der Waals surface area contributed by atoms with Crippen LogP contribution in [-0.2, 0) is 4.79 Å². The van der Waals surface area contributed by atoms with E-state index < -0.39 is 5.41 Å². The molecule has 1 aromatic rings. The first-order chi connectivity index (χ1) is 8.92. The minimum Gasteiger partial charge on any atom is -0.324 e. The number of halogens is 3. The molecule has 19 heavy (non-hydrogen) atoms. The first-order valence-corrected chi connectivity index (χ1v) is 7.22. The van der Waals surface area contributed by atoms with Crippen LogP contribution >= 0.6 is 34.8 Å². The van der Waals surface area contributed by atoms with Crippen LogP contribution < -0.4 is 10.6 Å². The molecule has 6 heteroatoms. The maximum absolute atomic E-state index is 12.4. The van der Waals surface area contributed by atoms with Gasteiger partial charge in [0.25, 0.3) is 0 Å². The lowest BCUT2D eigenvalue weighted by atomic mass is 9.82. The number of carbonyl (C=O) groups excluding carboxylic acids is 1. The van der Waals surface area contributed by atoms with Crippen LogP contribution in [0, 0.1) is 5.41 Å². The summed E-state index contributed by atoms with van der Waals surface area (Å²) >= 11 is 17.9. The molecule has 2 N–H and O–H groups in total. The van der Waals surface area contributed by atoms with E-state index in [4.69, 9.17) is 34.8 Å². The van der Waals surface area contributed by atoms with Gasteiger partial charge in [-0.1, -0.05) is 34.8 Å². The molecule has 1 saturated heterocycles. The lowest BCUT2D eigenvalue weighted by molar-refractivity contribution is -0.125. The van der Waals surface area contributed by atoms with Crippen LogP contribution in [0.15, 0.2) is 12.1 Å². The Hall–Kier alpha value is -0.480. The lowest BCUT2D eigenvalue weighted by Gasteiger charge is -2.32. The van der Waals surface area contributed by atoms with E-state index in [2.05, 4.69) is 10.6 Å². The number of anilines is 1. The molecule has 1 heterocycles. The van der Waals surface area contributed by atoms with Gasteiger partial charge in [-0.25, -0.2) is 0 Å². The molecule has 0 bridgehead atoms. The van der Waals surface area contributed by atoms with Gasteiger partial charge < -0.3 is 10.6 Å². The number of hydrogen-bond acceptors (Lipinski definition) is 2. The number of benzene rings is 1. The summed E-state index contributed by atoms with van der Waals surface area (Å²) in [5, 5.41) is 7.19. The first kappa shape index (κ1) is 14.9. The normalized spacial score (nSPS) is 23.2. The number of piperidine rings is 1. The van der Waals surface area contributed by atoms with E-state index in [1.807, 2.05) is 6.92 Å². The van der Waals surface area contributed by atoms with Crippen molar-refractivity contribution < 1.29 is 4.79 Å². The van der Waals surface area contributed by atoms with Crippen LogP contribution in [0.2, 0.25) is 15.1 Å². The Labute approximate surface area is 127 Å². The molecule has 0 radical (unpaired) electrons. The quantitative estimate of drug-likeness (QED) is 0.809. The Bertz CT molecular complexity index is 499. The highest BCUT2D eigenvalue weighted by Gasteiger charge is 2.34. The van der Waals surface area contributed by atoms with Crippen LogP contribution in [0.25, 0.3) is 0 Å². The zero-order chi connectivity index (χ0) is 14.0. The van der Waals surface area contributed by atoms with Crippen molar-refractivity contribution >= 4 is 46.4 Å². The Morgan fingerprint density at radius 1 is 1.26 bits per heavy atom. The van der Waals surface area contributed by atoms with Crippen molar-refractivity contribution in [3.8, 4) is 0 Å². The largest absolute Gasteiger partial charge is 0.324 e. The highest BCUT2D eigenvalue weighted by Crippen LogP contribution is 2.34. The van der Waals surface area contributed by atoms with E-state index >= 15 is 0 Å². The average molecular weight is 322 g/mol. The molecule has 2 rings (SSSR count). The van der Waals surface area contributed by atoms with Crippen molar-refractivity contribution in [2.24, 2.45) is 5.41 Å². The third-order valence-electron chi connectivity index (χ3n) is 3.40. The predicted molar refractivity (Wildman–Crippen MR) is 80.3 cm³/mol. The maximum atomic E-state index is 12.4. The number of nitrogens with one attached hydrogen (secondary N) is 2. The molecular weight excluding hydrogens is 307 g/mol. The average Bonchev–Trinajstić information content (AvgIpc) is 2.36. The highest BCUT2D eigenvalue weighted by molar-refractivity contribution is 6.44. The second kappa shape index (κ2) is 5.88. The molecule has 1 fully saturated rings. The molecule has 0 saturated carbocycles. The molecular formula is C13H15Cl3N2O. The van der Waals surface area contributed by atoms with Crippen molar-refractivity contribution in [1.29, 1.82) is 0 Å². The number of amides is 1.